The SMILES string of the molecule is C[C@H](C(=O)NC(C)(C)C)N(Cc1ccccc1)C(=O)COc1ccccc1Cl. The topological polar surface area (TPSA) is 58.6 Å². The molecule has 28 heavy (non-hydrogen) atoms. The Kier molecular flexibility index (Phi) is 7.46. The summed E-state index contributed by atoms with van der Waals surface area (Å²) in [6, 6.07) is 15.9. The van der Waals surface area contributed by atoms with Crippen LogP contribution in [-0.2, 0) is 16.1 Å². The van der Waals surface area contributed by atoms with Gasteiger partial charge in [-0.25, -0.2) is 0 Å². The van der Waals surface area contributed by atoms with Crippen LogP contribution in [0.15, 0.2) is 54.6 Å². The van der Waals surface area contributed by atoms with Gasteiger partial charge in [-0.2, -0.15) is 0 Å². The Bertz CT molecular complexity index is 803. The van der Waals surface area contributed by atoms with Crippen molar-refractivity contribution in [2.75, 3.05) is 6.61 Å². The summed E-state index contributed by atoms with van der Waals surface area (Å²) in [4.78, 5) is 27.1. The predicted molar refractivity (Wildman–Crippen MR) is 111 cm³/mol. The summed E-state index contributed by atoms with van der Waals surface area (Å²) in [5.41, 5.74) is 0.546. The van der Waals surface area contributed by atoms with Crippen molar-refractivity contribution in [1.82, 2.24) is 10.2 Å². The van der Waals surface area contributed by atoms with E-state index in [1.54, 1.807) is 31.2 Å². The molecule has 0 radical (unpaired) electrons. The van der Waals surface area contributed by atoms with Crippen molar-refractivity contribution in [3.63, 3.8) is 0 Å². The third-order valence-electron chi connectivity index (χ3n) is 4.05. The van der Waals surface area contributed by atoms with Gasteiger partial charge >= 0.3 is 0 Å². The third kappa shape index (κ3) is 6.57. The normalized spacial score (nSPS) is 12.2. The molecule has 0 spiro atoms. The highest BCUT2D eigenvalue weighted by atomic mass is 35.5. The van der Waals surface area contributed by atoms with Crippen molar-refractivity contribution in [3.8, 4) is 5.75 Å². The maximum Gasteiger partial charge on any atom is 0.261 e. The predicted octanol–water partition coefficient (Wildman–Crippen LogP) is 4.05. The molecule has 0 unspecified atom stereocenters. The molecule has 2 amide bonds. The molecule has 0 saturated heterocycles. The molecule has 0 saturated carbocycles. The number of carbonyl (C=O) groups excluding carboxylic acids is 2. The second-order valence-electron chi connectivity index (χ2n) is 7.64. The molecule has 150 valence electrons. The second kappa shape index (κ2) is 9.60. The number of hydrogen-bond acceptors (Lipinski definition) is 3. The number of halogens is 1. The Morgan fingerprint density at radius 2 is 1.68 bits per heavy atom. The van der Waals surface area contributed by atoms with Crippen molar-refractivity contribution >= 4 is 23.4 Å². The molecule has 0 fully saturated rings. The van der Waals surface area contributed by atoms with Gasteiger partial charge in [0.05, 0.1) is 5.02 Å². The van der Waals surface area contributed by atoms with Gasteiger partial charge in [-0.3, -0.25) is 9.59 Å². The van der Waals surface area contributed by atoms with E-state index in [-0.39, 0.29) is 24.0 Å². The molecule has 0 aliphatic rings. The number of amides is 2. The van der Waals surface area contributed by atoms with Gasteiger partial charge < -0.3 is 15.0 Å². The summed E-state index contributed by atoms with van der Waals surface area (Å²) in [5.74, 6) is -0.0705. The van der Waals surface area contributed by atoms with Gasteiger partial charge in [-0.1, -0.05) is 54.1 Å². The fourth-order valence-electron chi connectivity index (χ4n) is 2.62. The molecule has 6 heteroatoms. The number of benzene rings is 2. The van der Waals surface area contributed by atoms with Crippen molar-refractivity contribution in [2.24, 2.45) is 0 Å². The van der Waals surface area contributed by atoms with Crippen LogP contribution in [0.4, 0.5) is 0 Å². The van der Waals surface area contributed by atoms with Crippen LogP contribution in [0.5, 0.6) is 5.75 Å². The summed E-state index contributed by atoms with van der Waals surface area (Å²) in [6.45, 7) is 7.54. The van der Waals surface area contributed by atoms with E-state index in [1.165, 1.54) is 4.90 Å². The molecular weight excluding hydrogens is 376 g/mol. The van der Waals surface area contributed by atoms with Crippen LogP contribution in [0.25, 0.3) is 0 Å². The highest BCUT2D eigenvalue weighted by Crippen LogP contribution is 2.23. The molecule has 1 N–H and O–H groups in total. The van der Waals surface area contributed by atoms with Gasteiger partial charge in [0, 0.05) is 12.1 Å². The van der Waals surface area contributed by atoms with Gasteiger partial charge in [0.2, 0.25) is 5.91 Å². The lowest BCUT2D eigenvalue weighted by Crippen LogP contribution is -2.53. The molecule has 5 nitrogen and oxygen atoms in total. The summed E-state index contributed by atoms with van der Waals surface area (Å²) in [6.07, 6.45) is 0. The number of nitrogens with one attached hydrogen (secondary N) is 1. The molecule has 0 aliphatic carbocycles. The fourth-order valence-corrected chi connectivity index (χ4v) is 2.81. The van der Waals surface area contributed by atoms with E-state index < -0.39 is 6.04 Å². The van der Waals surface area contributed by atoms with E-state index in [0.29, 0.717) is 17.3 Å². The summed E-state index contributed by atoms with van der Waals surface area (Å²) in [7, 11) is 0. The van der Waals surface area contributed by atoms with E-state index in [0.717, 1.165) is 5.56 Å². The van der Waals surface area contributed by atoms with E-state index in [9.17, 15) is 9.59 Å². The maximum atomic E-state index is 12.9. The Labute approximate surface area is 171 Å². The monoisotopic (exact) mass is 402 g/mol. The quantitative estimate of drug-likeness (QED) is 0.760. The third-order valence-corrected chi connectivity index (χ3v) is 4.36. The van der Waals surface area contributed by atoms with E-state index >= 15 is 0 Å². The number of ether oxygens (including phenoxy) is 1. The number of nitrogens with zero attached hydrogens (tertiary/aromatic N) is 1. The summed E-state index contributed by atoms with van der Waals surface area (Å²) < 4.78 is 5.59. The number of hydrogen-bond donors (Lipinski definition) is 1. The molecule has 1 atom stereocenters. The average molecular weight is 403 g/mol. The van der Waals surface area contributed by atoms with Gasteiger partial charge in [-0.05, 0) is 45.4 Å². The molecule has 2 aromatic rings. The highest BCUT2D eigenvalue weighted by Gasteiger charge is 2.28. The van der Waals surface area contributed by atoms with E-state index in [1.807, 2.05) is 51.1 Å². The lowest BCUT2D eigenvalue weighted by Gasteiger charge is -2.31. The fraction of sp³-hybridized carbons (Fsp3) is 0.364. The molecule has 0 aliphatic heterocycles. The first-order valence-electron chi connectivity index (χ1n) is 9.20. The number of carbonyl (C=O) groups is 2. The lowest BCUT2D eigenvalue weighted by molar-refractivity contribution is -0.142. The van der Waals surface area contributed by atoms with Crippen molar-refractivity contribution in [2.45, 2.75) is 45.8 Å². The molecular formula is C22H27ClN2O3. The smallest absolute Gasteiger partial charge is 0.261 e. The molecule has 0 bridgehead atoms. The largest absolute Gasteiger partial charge is 0.482 e. The Balaban J connectivity index is 2.15. The Morgan fingerprint density at radius 3 is 2.29 bits per heavy atom. The van der Waals surface area contributed by atoms with Gasteiger partial charge in [0.25, 0.3) is 5.91 Å². The highest BCUT2D eigenvalue weighted by molar-refractivity contribution is 6.32. The van der Waals surface area contributed by atoms with Crippen LogP contribution in [0.3, 0.4) is 0 Å². The molecule has 2 rings (SSSR count). The summed E-state index contributed by atoms with van der Waals surface area (Å²) >= 11 is 6.09. The van der Waals surface area contributed by atoms with Crippen LogP contribution in [-0.4, -0.2) is 34.9 Å². The first-order valence-corrected chi connectivity index (χ1v) is 9.58. The van der Waals surface area contributed by atoms with Crippen molar-refractivity contribution in [1.29, 1.82) is 0 Å². The second-order valence-corrected chi connectivity index (χ2v) is 8.05. The van der Waals surface area contributed by atoms with Crippen LogP contribution in [0, 0.1) is 0 Å². The van der Waals surface area contributed by atoms with Crippen LogP contribution >= 0.6 is 11.6 Å². The minimum atomic E-state index is -0.651. The van der Waals surface area contributed by atoms with Crippen LogP contribution in [0.2, 0.25) is 5.02 Å². The molecule has 0 aromatic heterocycles. The first-order chi connectivity index (χ1) is 13.2. The molecule has 0 heterocycles. The van der Waals surface area contributed by atoms with E-state index in [4.69, 9.17) is 16.3 Å². The zero-order valence-electron chi connectivity index (χ0n) is 16.7. The number of para-hydroxylation sites is 1. The van der Waals surface area contributed by atoms with Crippen LogP contribution in [0.1, 0.15) is 33.3 Å². The first kappa shape index (κ1) is 21.8. The van der Waals surface area contributed by atoms with Gasteiger partial charge in [0.15, 0.2) is 6.61 Å². The lowest BCUT2D eigenvalue weighted by atomic mass is 10.1. The van der Waals surface area contributed by atoms with Gasteiger partial charge in [0.1, 0.15) is 11.8 Å². The minimum absolute atomic E-state index is 0.205. The molecule has 2 aromatic carbocycles. The zero-order chi connectivity index (χ0) is 20.7. The Morgan fingerprint density at radius 1 is 1.07 bits per heavy atom. The summed E-state index contributed by atoms with van der Waals surface area (Å²) in [5, 5.41) is 3.36. The number of rotatable bonds is 7. The average Bonchev–Trinajstić information content (AvgIpc) is 2.64. The van der Waals surface area contributed by atoms with Gasteiger partial charge in [-0.15, -0.1) is 0 Å². The van der Waals surface area contributed by atoms with Crippen molar-refractivity contribution in [3.05, 3.63) is 65.2 Å². The standard InChI is InChI=1S/C22H27ClN2O3/c1-16(21(27)24-22(2,3)4)25(14-17-10-6-5-7-11-17)20(26)15-28-19-13-9-8-12-18(19)23/h5-13,16H,14-15H2,1-4H3,(H,24,27)/t16-/m1/s1. The maximum absolute atomic E-state index is 12.9. The Hall–Kier alpha value is -2.53. The minimum Gasteiger partial charge on any atom is -0.482 e. The van der Waals surface area contributed by atoms with E-state index in [2.05, 4.69) is 5.32 Å². The zero-order valence-corrected chi connectivity index (χ0v) is 17.5. The van der Waals surface area contributed by atoms with Crippen LogP contribution < -0.4 is 10.1 Å². The van der Waals surface area contributed by atoms with Crippen molar-refractivity contribution < 1.29 is 14.3 Å².